The number of allylic oxidation sites excluding steroid dienone is 1. The SMILES string of the molecule is CCCCCCCC/C(Cl)=C\Cl. The van der Waals surface area contributed by atoms with Crippen molar-refractivity contribution in [2.45, 2.75) is 51.9 Å². The zero-order chi connectivity index (χ0) is 9.23. The molecule has 0 unspecified atom stereocenters. The van der Waals surface area contributed by atoms with E-state index in [1.54, 1.807) is 0 Å². The van der Waals surface area contributed by atoms with E-state index in [9.17, 15) is 0 Å². The fraction of sp³-hybridized carbons (Fsp3) is 0.800. The third kappa shape index (κ3) is 8.42. The smallest absolute Gasteiger partial charge is 0.0293 e. The Morgan fingerprint density at radius 2 is 1.67 bits per heavy atom. The van der Waals surface area contributed by atoms with Crippen molar-refractivity contribution >= 4 is 23.2 Å². The molecule has 0 aliphatic heterocycles. The molecule has 0 fully saturated rings. The van der Waals surface area contributed by atoms with Crippen LogP contribution in [-0.2, 0) is 0 Å². The van der Waals surface area contributed by atoms with Crippen molar-refractivity contribution < 1.29 is 0 Å². The van der Waals surface area contributed by atoms with Crippen LogP contribution in [0.25, 0.3) is 0 Å². The second-order valence-electron chi connectivity index (χ2n) is 3.07. The summed E-state index contributed by atoms with van der Waals surface area (Å²) < 4.78 is 0. The van der Waals surface area contributed by atoms with E-state index in [2.05, 4.69) is 6.92 Å². The first-order valence-electron chi connectivity index (χ1n) is 4.76. The van der Waals surface area contributed by atoms with E-state index < -0.39 is 0 Å². The van der Waals surface area contributed by atoms with Gasteiger partial charge in [0.15, 0.2) is 0 Å². The Labute approximate surface area is 85.9 Å². The quantitative estimate of drug-likeness (QED) is 0.514. The van der Waals surface area contributed by atoms with E-state index >= 15 is 0 Å². The van der Waals surface area contributed by atoms with Crippen LogP contribution in [0.4, 0.5) is 0 Å². The maximum atomic E-state index is 5.73. The second-order valence-corrected chi connectivity index (χ2v) is 3.78. The third-order valence-electron chi connectivity index (χ3n) is 1.89. The number of rotatable bonds is 7. The van der Waals surface area contributed by atoms with Gasteiger partial charge in [-0.2, -0.15) is 0 Å². The summed E-state index contributed by atoms with van der Waals surface area (Å²) in [4.78, 5) is 0. The van der Waals surface area contributed by atoms with Crippen LogP contribution in [0.15, 0.2) is 10.6 Å². The highest BCUT2D eigenvalue weighted by Gasteiger charge is 1.92. The molecule has 0 amide bonds. The lowest BCUT2D eigenvalue weighted by molar-refractivity contribution is 0.610. The molecule has 0 rings (SSSR count). The molecule has 12 heavy (non-hydrogen) atoms. The van der Waals surface area contributed by atoms with Crippen molar-refractivity contribution in [3.8, 4) is 0 Å². The summed E-state index contributed by atoms with van der Waals surface area (Å²) in [6.45, 7) is 2.23. The zero-order valence-corrected chi connectivity index (χ0v) is 9.29. The predicted molar refractivity (Wildman–Crippen MR) is 57.8 cm³/mol. The molecule has 0 aliphatic rings. The van der Waals surface area contributed by atoms with Crippen molar-refractivity contribution in [1.29, 1.82) is 0 Å². The molecule has 0 aromatic heterocycles. The molecule has 72 valence electrons. The highest BCUT2D eigenvalue weighted by molar-refractivity contribution is 6.36. The van der Waals surface area contributed by atoms with Crippen molar-refractivity contribution in [3.63, 3.8) is 0 Å². The molecule has 0 N–H and O–H groups in total. The van der Waals surface area contributed by atoms with Gasteiger partial charge < -0.3 is 0 Å². The molecule has 0 spiro atoms. The Kier molecular flexibility index (Phi) is 9.66. The molecule has 0 bridgehead atoms. The summed E-state index contributed by atoms with van der Waals surface area (Å²) >= 11 is 11.2. The molecule has 0 nitrogen and oxygen atoms in total. The number of hydrogen-bond acceptors (Lipinski definition) is 0. The maximum Gasteiger partial charge on any atom is 0.0293 e. The summed E-state index contributed by atoms with van der Waals surface area (Å²) in [5, 5.41) is 0.784. The topological polar surface area (TPSA) is 0 Å². The third-order valence-corrected chi connectivity index (χ3v) is 2.56. The standard InChI is InChI=1S/C10H18Cl2/c1-2-3-4-5-6-7-8-10(12)9-11/h9H,2-8H2,1H3/b10-9+. The summed E-state index contributed by atoms with van der Waals surface area (Å²) in [6.07, 6.45) is 8.75. The molecular weight excluding hydrogens is 191 g/mol. The van der Waals surface area contributed by atoms with Gasteiger partial charge in [0.2, 0.25) is 0 Å². The maximum absolute atomic E-state index is 5.73. The largest absolute Gasteiger partial charge is 0.0917 e. The minimum Gasteiger partial charge on any atom is -0.0917 e. The summed E-state index contributed by atoms with van der Waals surface area (Å²) in [5.41, 5.74) is 1.47. The van der Waals surface area contributed by atoms with Crippen LogP contribution >= 0.6 is 23.2 Å². The number of unbranched alkanes of at least 4 members (excludes halogenated alkanes) is 5. The molecule has 0 aliphatic carbocycles. The van der Waals surface area contributed by atoms with Crippen LogP contribution in [0, 0.1) is 0 Å². The summed E-state index contributed by atoms with van der Waals surface area (Å²) in [6, 6.07) is 0. The van der Waals surface area contributed by atoms with Gasteiger partial charge in [-0.1, -0.05) is 62.2 Å². The van der Waals surface area contributed by atoms with Gasteiger partial charge >= 0.3 is 0 Å². The fourth-order valence-electron chi connectivity index (χ4n) is 1.13. The molecule has 0 radical (unpaired) electrons. The normalized spacial score (nSPS) is 12.1. The Morgan fingerprint density at radius 3 is 2.25 bits per heavy atom. The lowest BCUT2D eigenvalue weighted by atomic mass is 10.1. The first-order valence-corrected chi connectivity index (χ1v) is 5.57. The van der Waals surface area contributed by atoms with E-state index in [-0.39, 0.29) is 0 Å². The molecule has 0 atom stereocenters. The minimum absolute atomic E-state index is 0.784. The van der Waals surface area contributed by atoms with Gasteiger partial charge in [0, 0.05) is 10.6 Å². The van der Waals surface area contributed by atoms with Gasteiger partial charge in [0.25, 0.3) is 0 Å². The lowest BCUT2D eigenvalue weighted by Gasteiger charge is -1.99. The van der Waals surface area contributed by atoms with Gasteiger partial charge in [-0.05, 0) is 12.8 Å². The Hall–Kier alpha value is 0.320. The first kappa shape index (κ1) is 12.3. The monoisotopic (exact) mass is 208 g/mol. The van der Waals surface area contributed by atoms with Crippen LogP contribution in [0.1, 0.15) is 51.9 Å². The minimum atomic E-state index is 0.784. The molecule has 0 heterocycles. The van der Waals surface area contributed by atoms with E-state index in [1.807, 2.05) is 0 Å². The van der Waals surface area contributed by atoms with E-state index in [4.69, 9.17) is 23.2 Å². The Bertz CT molecular complexity index is 119. The van der Waals surface area contributed by atoms with Gasteiger partial charge in [-0.3, -0.25) is 0 Å². The Balaban J connectivity index is 3.00. The molecule has 0 saturated heterocycles. The number of halogens is 2. The van der Waals surface area contributed by atoms with Crippen molar-refractivity contribution in [3.05, 3.63) is 10.6 Å². The Morgan fingerprint density at radius 1 is 1.08 bits per heavy atom. The zero-order valence-electron chi connectivity index (χ0n) is 7.78. The fourth-order valence-corrected chi connectivity index (χ4v) is 1.37. The van der Waals surface area contributed by atoms with E-state index in [0.29, 0.717) is 0 Å². The second kappa shape index (κ2) is 9.41. The average molecular weight is 209 g/mol. The number of hydrogen-bond donors (Lipinski definition) is 0. The van der Waals surface area contributed by atoms with Gasteiger partial charge in [-0.25, -0.2) is 0 Å². The summed E-state index contributed by atoms with van der Waals surface area (Å²) in [5.74, 6) is 0. The predicted octanol–water partition coefficient (Wildman–Crippen LogP) is 5.06. The van der Waals surface area contributed by atoms with Crippen LogP contribution in [0.2, 0.25) is 0 Å². The van der Waals surface area contributed by atoms with E-state index in [1.165, 1.54) is 44.1 Å². The van der Waals surface area contributed by atoms with Gasteiger partial charge in [0.05, 0.1) is 0 Å². The lowest BCUT2D eigenvalue weighted by Crippen LogP contribution is -1.79. The van der Waals surface area contributed by atoms with Gasteiger partial charge in [-0.15, -0.1) is 0 Å². The van der Waals surface area contributed by atoms with Crippen LogP contribution in [0.5, 0.6) is 0 Å². The molecule has 0 aromatic rings. The molecule has 0 saturated carbocycles. The molecule has 2 heteroatoms. The highest BCUT2D eigenvalue weighted by Crippen LogP contribution is 2.14. The highest BCUT2D eigenvalue weighted by atomic mass is 35.5. The van der Waals surface area contributed by atoms with Crippen LogP contribution < -0.4 is 0 Å². The van der Waals surface area contributed by atoms with Crippen LogP contribution in [-0.4, -0.2) is 0 Å². The van der Waals surface area contributed by atoms with Gasteiger partial charge in [0.1, 0.15) is 0 Å². The first-order chi connectivity index (χ1) is 5.81. The molecule has 0 aromatic carbocycles. The van der Waals surface area contributed by atoms with Crippen LogP contribution in [0.3, 0.4) is 0 Å². The molecular formula is C10H18Cl2. The van der Waals surface area contributed by atoms with Crippen molar-refractivity contribution in [2.75, 3.05) is 0 Å². The van der Waals surface area contributed by atoms with Crippen molar-refractivity contribution in [1.82, 2.24) is 0 Å². The average Bonchev–Trinajstić information content (AvgIpc) is 2.10. The summed E-state index contributed by atoms with van der Waals surface area (Å²) in [7, 11) is 0. The van der Waals surface area contributed by atoms with Crippen molar-refractivity contribution in [2.24, 2.45) is 0 Å². The van der Waals surface area contributed by atoms with E-state index in [0.717, 1.165) is 11.5 Å².